The SMILES string of the molecule is CCOc1ccc(/C=N\NC(=S)Nc2ccccc2OC)cc1. The highest BCUT2D eigenvalue weighted by Gasteiger charge is 2.02. The minimum absolute atomic E-state index is 0.386. The molecule has 0 aliphatic carbocycles. The average Bonchev–Trinajstić information content (AvgIpc) is 2.57. The molecule has 0 aliphatic rings. The predicted octanol–water partition coefficient (Wildman–Crippen LogP) is 3.41. The predicted molar refractivity (Wildman–Crippen MR) is 97.6 cm³/mol. The highest BCUT2D eigenvalue weighted by atomic mass is 32.1. The van der Waals surface area contributed by atoms with Gasteiger partial charge >= 0.3 is 0 Å². The highest BCUT2D eigenvalue weighted by molar-refractivity contribution is 7.80. The Morgan fingerprint density at radius 2 is 1.91 bits per heavy atom. The standard InChI is InChI=1S/C17H19N3O2S/c1-3-22-14-10-8-13(9-11-14)12-18-20-17(23)19-15-6-4-5-7-16(15)21-2/h4-12H,3H2,1-2H3,(H2,19,20,23)/b18-12-. The Morgan fingerprint density at radius 3 is 2.61 bits per heavy atom. The van der Waals surface area contributed by atoms with Gasteiger partial charge in [0.05, 0.1) is 25.6 Å². The van der Waals surface area contributed by atoms with Crippen LogP contribution in [0.2, 0.25) is 0 Å². The van der Waals surface area contributed by atoms with Crippen molar-refractivity contribution >= 4 is 29.2 Å². The molecule has 120 valence electrons. The second-order valence-corrected chi connectivity index (χ2v) is 4.93. The quantitative estimate of drug-likeness (QED) is 0.483. The van der Waals surface area contributed by atoms with Crippen molar-refractivity contribution in [3.63, 3.8) is 0 Å². The van der Waals surface area contributed by atoms with E-state index in [-0.39, 0.29) is 0 Å². The first-order chi connectivity index (χ1) is 11.2. The number of methoxy groups -OCH3 is 1. The van der Waals surface area contributed by atoms with Crippen LogP contribution in [-0.2, 0) is 0 Å². The molecule has 0 fully saturated rings. The maximum atomic E-state index is 5.39. The number of hydrazone groups is 1. The van der Waals surface area contributed by atoms with Crippen LogP contribution in [0.3, 0.4) is 0 Å². The summed E-state index contributed by atoms with van der Waals surface area (Å²) in [5.74, 6) is 1.55. The van der Waals surface area contributed by atoms with Gasteiger partial charge in [0, 0.05) is 0 Å². The van der Waals surface area contributed by atoms with E-state index < -0.39 is 0 Å². The molecule has 5 nitrogen and oxygen atoms in total. The number of rotatable bonds is 6. The lowest BCUT2D eigenvalue weighted by atomic mass is 10.2. The van der Waals surface area contributed by atoms with Gasteiger partial charge in [0.2, 0.25) is 0 Å². The minimum atomic E-state index is 0.386. The van der Waals surface area contributed by atoms with Crippen molar-refractivity contribution in [2.24, 2.45) is 5.10 Å². The number of hydrogen-bond donors (Lipinski definition) is 2. The summed E-state index contributed by atoms with van der Waals surface area (Å²) in [7, 11) is 1.61. The summed E-state index contributed by atoms with van der Waals surface area (Å²) < 4.78 is 10.6. The van der Waals surface area contributed by atoms with Crippen LogP contribution in [0.25, 0.3) is 0 Å². The van der Waals surface area contributed by atoms with Gasteiger partial charge in [-0.15, -0.1) is 0 Å². The number of nitrogens with one attached hydrogen (secondary N) is 2. The fraction of sp³-hybridized carbons (Fsp3) is 0.176. The summed E-state index contributed by atoms with van der Waals surface area (Å²) in [6.45, 7) is 2.60. The smallest absolute Gasteiger partial charge is 0.191 e. The Kier molecular flexibility index (Phi) is 6.38. The molecule has 0 amide bonds. The molecule has 0 saturated heterocycles. The molecule has 2 N–H and O–H groups in total. The van der Waals surface area contributed by atoms with Gasteiger partial charge in [0.25, 0.3) is 0 Å². The molecule has 0 radical (unpaired) electrons. The van der Waals surface area contributed by atoms with Gasteiger partial charge < -0.3 is 14.8 Å². The van der Waals surface area contributed by atoms with E-state index >= 15 is 0 Å². The normalized spacial score (nSPS) is 10.3. The van der Waals surface area contributed by atoms with Crippen LogP contribution >= 0.6 is 12.2 Å². The van der Waals surface area contributed by atoms with Gasteiger partial charge in [-0.2, -0.15) is 5.10 Å². The lowest BCUT2D eigenvalue weighted by Crippen LogP contribution is -2.24. The molecule has 0 saturated carbocycles. The molecule has 0 atom stereocenters. The summed E-state index contributed by atoms with van der Waals surface area (Å²) >= 11 is 5.20. The first kappa shape index (κ1) is 16.8. The first-order valence-corrected chi connectivity index (χ1v) is 7.59. The third-order valence-corrected chi connectivity index (χ3v) is 3.12. The molecule has 0 heterocycles. The number of ether oxygens (including phenoxy) is 2. The maximum absolute atomic E-state index is 5.39. The Hall–Kier alpha value is -2.60. The molecule has 0 bridgehead atoms. The number of para-hydroxylation sites is 2. The van der Waals surface area contributed by atoms with Crippen LogP contribution in [0.5, 0.6) is 11.5 Å². The van der Waals surface area contributed by atoms with Crippen molar-refractivity contribution in [2.45, 2.75) is 6.92 Å². The van der Waals surface area contributed by atoms with Crippen molar-refractivity contribution in [3.8, 4) is 11.5 Å². The second-order valence-electron chi connectivity index (χ2n) is 4.53. The largest absolute Gasteiger partial charge is 0.495 e. The lowest BCUT2D eigenvalue weighted by molar-refractivity contribution is 0.340. The molecule has 2 rings (SSSR count). The lowest BCUT2D eigenvalue weighted by Gasteiger charge is -2.10. The van der Waals surface area contributed by atoms with E-state index in [4.69, 9.17) is 21.7 Å². The van der Waals surface area contributed by atoms with Crippen LogP contribution < -0.4 is 20.2 Å². The average molecular weight is 329 g/mol. The van der Waals surface area contributed by atoms with Crippen LogP contribution in [0.15, 0.2) is 53.6 Å². The Morgan fingerprint density at radius 1 is 1.17 bits per heavy atom. The van der Waals surface area contributed by atoms with E-state index in [2.05, 4.69) is 15.8 Å². The minimum Gasteiger partial charge on any atom is -0.495 e. The Bertz CT molecular complexity index is 672. The zero-order valence-electron chi connectivity index (χ0n) is 13.1. The monoisotopic (exact) mass is 329 g/mol. The number of benzene rings is 2. The molecule has 6 heteroatoms. The van der Waals surface area contributed by atoms with E-state index in [0.29, 0.717) is 17.5 Å². The second kappa shape index (κ2) is 8.75. The zero-order valence-corrected chi connectivity index (χ0v) is 13.9. The molecule has 2 aromatic rings. The van der Waals surface area contributed by atoms with Crippen molar-refractivity contribution < 1.29 is 9.47 Å². The van der Waals surface area contributed by atoms with Gasteiger partial charge in [-0.1, -0.05) is 12.1 Å². The molecular formula is C17H19N3O2S. The molecular weight excluding hydrogens is 310 g/mol. The summed E-state index contributed by atoms with van der Waals surface area (Å²) in [4.78, 5) is 0. The summed E-state index contributed by atoms with van der Waals surface area (Å²) in [5.41, 5.74) is 4.50. The number of nitrogens with zero attached hydrogens (tertiary/aromatic N) is 1. The van der Waals surface area contributed by atoms with Crippen LogP contribution in [-0.4, -0.2) is 25.0 Å². The number of hydrogen-bond acceptors (Lipinski definition) is 4. The zero-order chi connectivity index (χ0) is 16.5. The third-order valence-electron chi connectivity index (χ3n) is 2.93. The van der Waals surface area contributed by atoms with E-state index in [1.54, 1.807) is 13.3 Å². The van der Waals surface area contributed by atoms with Gasteiger partial charge in [0.1, 0.15) is 11.5 Å². The van der Waals surface area contributed by atoms with Gasteiger partial charge in [-0.05, 0) is 61.1 Å². The van der Waals surface area contributed by atoms with Gasteiger partial charge in [-0.3, -0.25) is 5.43 Å². The molecule has 2 aromatic carbocycles. The number of thiocarbonyl (C=S) groups is 1. The molecule has 0 aromatic heterocycles. The number of anilines is 1. The van der Waals surface area contributed by atoms with Crippen LogP contribution in [0.1, 0.15) is 12.5 Å². The van der Waals surface area contributed by atoms with Gasteiger partial charge in [-0.25, -0.2) is 0 Å². The van der Waals surface area contributed by atoms with Gasteiger partial charge in [0.15, 0.2) is 5.11 Å². The third kappa shape index (κ3) is 5.27. The molecule has 23 heavy (non-hydrogen) atoms. The maximum Gasteiger partial charge on any atom is 0.191 e. The van der Waals surface area contributed by atoms with Crippen LogP contribution in [0.4, 0.5) is 5.69 Å². The van der Waals surface area contributed by atoms with E-state index in [1.165, 1.54) is 0 Å². The fourth-order valence-electron chi connectivity index (χ4n) is 1.88. The summed E-state index contributed by atoms with van der Waals surface area (Å²) in [6.07, 6.45) is 1.69. The van der Waals surface area contributed by atoms with E-state index in [0.717, 1.165) is 17.0 Å². The van der Waals surface area contributed by atoms with E-state index in [1.807, 2.05) is 55.5 Å². The van der Waals surface area contributed by atoms with Crippen molar-refractivity contribution in [1.29, 1.82) is 0 Å². The Labute approximate surface area is 141 Å². The molecule has 0 spiro atoms. The van der Waals surface area contributed by atoms with Crippen LogP contribution in [0, 0.1) is 0 Å². The topological polar surface area (TPSA) is 54.9 Å². The van der Waals surface area contributed by atoms with E-state index in [9.17, 15) is 0 Å². The van der Waals surface area contributed by atoms with Crippen molar-refractivity contribution in [3.05, 3.63) is 54.1 Å². The fourth-order valence-corrected chi connectivity index (χ4v) is 2.04. The molecule has 0 aliphatic heterocycles. The molecule has 0 unspecified atom stereocenters. The van der Waals surface area contributed by atoms with Crippen molar-refractivity contribution in [1.82, 2.24) is 5.43 Å². The Balaban J connectivity index is 1.88. The highest BCUT2D eigenvalue weighted by Crippen LogP contribution is 2.22. The van der Waals surface area contributed by atoms with Crippen molar-refractivity contribution in [2.75, 3.05) is 19.0 Å². The first-order valence-electron chi connectivity index (χ1n) is 7.19. The summed E-state index contributed by atoms with van der Waals surface area (Å²) in [5, 5.41) is 7.53. The summed E-state index contributed by atoms with van der Waals surface area (Å²) in [6, 6.07) is 15.2.